The van der Waals surface area contributed by atoms with E-state index in [1.807, 2.05) is 16.8 Å². The maximum atomic E-state index is 13.0. The summed E-state index contributed by atoms with van der Waals surface area (Å²) in [7, 11) is 0. The molecule has 3 aromatic rings. The molecule has 0 atom stereocenters. The van der Waals surface area contributed by atoms with Gasteiger partial charge in [0, 0.05) is 35.3 Å². The molecule has 1 aromatic heterocycles. The predicted molar refractivity (Wildman–Crippen MR) is 90.7 cm³/mol. The molecule has 0 unspecified atom stereocenters. The molecule has 0 saturated carbocycles. The highest BCUT2D eigenvalue weighted by molar-refractivity contribution is 6.38. The molecule has 0 radical (unpaired) electrons. The first-order valence-electron chi connectivity index (χ1n) is 7.45. The summed E-state index contributed by atoms with van der Waals surface area (Å²) in [5.41, 5.74) is 2.19. The number of aliphatic hydroxyl groups is 1. The number of aliphatic carboxylic acids is 1. The molecule has 0 aliphatic carbocycles. The lowest BCUT2D eigenvalue weighted by molar-refractivity contribution is -0.146. The van der Waals surface area contributed by atoms with Crippen LogP contribution in [0.25, 0.3) is 16.7 Å². The van der Waals surface area contributed by atoms with Gasteiger partial charge in [0.05, 0.1) is 0 Å². The zero-order chi connectivity index (χ0) is 18.0. The van der Waals surface area contributed by atoms with Gasteiger partial charge in [0.15, 0.2) is 0 Å². The monoisotopic (exact) mass is 339 g/mol. The van der Waals surface area contributed by atoms with Gasteiger partial charge in [0.1, 0.15) is 11.6 Å². The van der Waals surface area contributed by atoms with Gasteiger partial charge in [0.2, 0.25) is 0 Å². The van der Waals surface area contributed by atoms with Crippen molar-refractivity contribution in [1.82, 2.24) is 4.57 Å². The van der Waals surface area contributed by atoms with Crippen molar-refractivity contribution in [2.45, 2.75) is 6.54 Å². The lowest BCUT2D eigenvalue weighted by Gasteiger charge is -2.07. The number of ketones is 1. The van der Waals surface area contributed by atoms with Crippen LogP contribution in [0.3, 0.4) is 0 Å². The van der Waals surface area contributed by atoms with E-state index in [1.54, 1.807) is 30.3 Å². The topological polar surface area (TPSA) is 79.5 Å². The number of rotatable bonds is 5. The third kappa shape index (κ3) is 3.58. The van der Waals surface area contributed by atoms with Gasteiger partial charge in [0.25, 0.3) is 5.78 Å². The molecule has 2 aromatic carbocycles. The molecule has 5 nitrogen and oxygen atoms in total. The number of nitrogens with zero attached hydrogens (tertiary/aromatic N) is 1. The number of carboxylic acids is 1. The zero-order valence-electron chi connectivity index (χ0n) is 13.0. The third-order valence-corrected chi connectivity index (χ3v) is 3.81. The molecule has 6 heteroatoms. The summed E-state index contributed by atoms with van der Waals surface area (Å²) in [6, 6.07) is 13.1. The van der Waals surface area contributed by atoms with Gasteiger partial charge in [-0.05, 0) is 42.0 Å². The van der Waals surface area contributed by atoms with E-state index >= 15 is 0 Å². The van der Waals surface area contributed by atoms with Crippen LogP contribution in [0.4, 0.5) is 4.39 Å². The lowest BCUT2D eigenvalue weighted by Crippen LogP contribution is -2.09. The highest BCUT2D eigenvalue weighted by atomic mass is 19.1. The Morgan fingerprint density at radius 3 is 2.44 bits per heavy atom. The summed E-state index contributed by atoms with van der Waals surface area (Å²) < 4.78 is 15.0. The number of carboxylic acid groups (broad SMARTS) is 1. The normalized spacial score (nSPS) is 11.6. The molecule has 3 rings (SSSR count). The molecule has 0 aliphatic heterocycles. The van der Waals surface area contributed by atoms with Gasteiger partial charge in [-0.25, -0.2) is 9.18 Å². The smallest absolute Gasteiger partial charge is 0.376 e. The average Bonchev–Trinajstić information content (AvgIpc) is 2.99. The maximum absolute atomic E-state index is 13.0. The first-order valence-corrected chi connectivity index (χ1v) is 7.45. The summed E-state index contributed by atoms with van der Waals surface area (Å²) in [6.45, 7) is 0.558. The summed E-state index contributed by atoms with van der Waals surface area (Å²) in [6.07, 6.45) is 2.54. The average molecular weight is 339 g/mol. The van der Waals surface area contributed by atoms with Crippen LogP contribution in [0.5, 0.6) is 0 Å². The van der Waals surface area contributed by atoms with Crippen molar-refractivity contribution >= 4 is 28.4 Å². The van der Waals surface area contributed by atoms with Crippen LogP contribution in [0.1, 0.15) is 11.1 Å². The van der Waals surface area contributed by atoms with Crippen molar-refractivity contribution in [3.05, 3.63) is 77.7 Å². The second kappa shape index (κ2) is 6.60. The molecule has 25 heavy (non-hydrogen) atoms. The van der Waals surface area contributed by atoms with E-state index in [4.69, 9.17) is 5.11 Å². The molecule has 0 bridgehead atoms. The van der Waals surface area contributed by atoms with Gasteiger partial charge in [-0.3, -0.25) is 4.79 Å². The number of benzene rings is 2. The minimum atomic E-state index is -1.63. The first-order chi connectivity index (χ1) is 11.9. The zero-order valence-corrected chi connectivity index (χ0v) is 13.0. The van der Waals surface area contributed by atoms with Crippen molar-refractivity contribution in [3.63, 3.8) is 0 Å². The first kappa shape index (κ1) is 16.4. The Labute approximate surface area is 142 Å². The second-order valence-electron chi connectivity index (χ2n) is 5.54. The Balaban J connectivity index is 1.89. The predicted octanol–water partition coefficient (Wildman–Crippen LogP) is 3.38. The molecule has 0 fully saturated rings. The van der Waals surface area contributed by atoms with Crippen LogP contribution in [0.15, 0.2) is 60.8 Å². The standard InChI is InChI=1S/C19H14FNO4/c20-15-4-1-12(2-5-15)11-21-8-7-13-9-14(3-6-16(13)21)17(22)10-18(23)19(24)25/h1-10,22H,11H2,(H,24,25). The van der Waals surface area contributed by atoms with Crippen LogP contribution in [0, 0.1) is 5.82 Å². The summed E-state index contributed by atoms with van der Waals surface area (Å²) in [5, 5.41) is 19.3. The van der Waals surface area contributed by atoms with E-state index in [0.29, 0.717) is 18.2 Å². The number of hydrogen-bond acceptors (Lipinski definition) is 3. The van der Waals surface area contributed by atoms with Crippen LogP contribution >= 0.6 is 0 Å². The number of fused-ring (bicyclic) bond motifs is 1. The van der Waals surface area contributed by atoms with Crippen molar-refractivity contribution in [1.29, 1.82) is 0 Å². The van der Waals surface area contributed by atoms with E-state index < -0.39 is 17.5 Å². The summed E-state index contributed by atoms with van der Waals surface area (Å²) in [5.74, 6) is -3.51. The van der Waals surface area contributed by atoms with E-state index in [2.05, 4.69) is 0 Å². The number of halogens is 1. The second-order valence-corrected chi connectivity index (χ2v) is 5.54. The Morgan fingerprint density at radius 2 is 1.76 bits per heavy atom. The number of hydrogen-bond donors (Lipinski definition) is 2. The van der Waals surface area contributed by atoms with Crippen LogP contribution in [-0.2, 0) is 16.1 Å². The number of carbonyl (C=O) groups is 2. The molecule has 1 heterocycles. The molecule has 0 spiro atoms. The Hall–Kier alpha value is -3.41. The number of carbonyl (C=O) groups excluding carboxylic acids is 1. The van der Waals surface area contributed by atoms with Gasteiger partial charge in [-0.1, -0.05) is 12.1 Å². The summed E-state index contributed by atoms with van der Waals surface area (Å²) in [4.78, 5) is 21.7. The SMILES string of the molecule is O=C(O)C(=O)C=C(O)c1ccc2c(ccn2Cc2ccc(F)cc2)c1. The molecule has 126 valence electrons. The Bertz CT molecular complexity index is 986. The van der Waals surface area contributed by atoms with Crippen molar-refractivity contribution in [2.24, 2.45) is 0 Å². The lowest BCUT2D eigenvalue weighted by atomic mass is 10.1. The fourth-order valence-electron chi connectivity index (χ4n) is 2.55. The third-order valence-electron chi connectivity index (χ3n) is 3.81. The number of aromatic nitrogens is 1. The number of aliphatic hydroxyl groups excluding tert-OH is 1. The van der Waals surface area contributed by atoms with Gasteiger partial charge in [-0.15, -0.1) is 0 Å². The Kier molecular flexibility index (Phi) is 4.35. The highest BCUT2D eigenvalue weighted by Crippen LogP contribution is 2.22. The van der Waals surface area contributed by atoms with Gasteiger partial charge in [-0.2, -0.15) is 0 Å². The van der Waals surface area contributed by atoms with Crippen LogP contribution in [-0.4, -0.2) is 26.5 Å². The van der Waals surface area contributed by atoms with E-state index in [0.717, 1.165) is 16.5 Å². The molecular formula is C19H14FNO4. The van der Waals surface area contributed by atoms with Crippen molar-refractivity contribution in [2.75, 3.05) is 0 Å². The van der Waals surface area contributed by atoms with Crippen LogP contribution < -0.4 is 0 Å². The fourth-order valence-corrected chi connectivity index (χ4v) is 2.55. The summed E-state index contributed by atoms with van der Waals surface area (Å²) >= 11 is 0. The molecular weight excluding hydrogens is 325 g/mol. The maximum Gasteiger partial charge on any atom is 0.376 e. The van der Waals surface area contributed by atoms with Crippen molar-refractivity contribution < 1.29 is 24.2 Å². The van der Waals surface area contributed by atoms with E-state index in [9.17, 15) is 19.1 Å². The molecule has 2 N–H and O–H groups in total. The minimum absolute atomic E-state index is 0.288. The van der Waals surface area contributed by atoms with Gasteiger partial charge >= 0.3 is 5.97 Å². The van der Waals surface area contributed by atoms with Crippen LogP contribution in [0.2, 0.25) is 0 Å². The molecule has 0 aliphatic rings. The quantitative estimate of drug-likeness (QED) is 0.424. The van der Waals surface area contributed by atoms with Crippen molar-refractivity contribution in [3.8, 4) is 0 Å². The molecule has 0 saturated heterocycles. The van der Waals surface area contributed by atoms with E-state index in [-0.39, 0.29) is 5.82 Å². The molecule has 0 amide bonds. The van der Waals surface area contributed by atoms with E-state index in [1.165, 1.54) is 12.1 Å². The highest BCUT2D eigenvalue weighted by Gasteiger charge is 2.11. The largest absolute Gasteiger partial charge is 0.507 e. The Morgan fingerprint density at radius 1 is 1.04 bits per heavy atom. The minimum Gasteiger partial charge on any atom is -0.507 e. The fraction of sp³-hybridized carbons (Fsp3) is 0.0526. The van der Waals surface area contributed by atoms with Gasteiger partial charge < -0.3 is 14.8 Å².